The van der Waals surface area contributed by atoms with Gasteiger partial charge in [0.05, 0.1) is 0 Å². The average Bonchev–Trinajstić information content (AvgIpc) is 2.47. The van der Waals surface area contributed by atoms with E-state index in [1.165, 1.54) is 12.1 Å². The van der Waals surface area contributed by atoms with E-state index >= 15 is 0 Å². The molecule has 0 radical (unpaired) electrons. The molecule has 0 aliphatic carbocycles. The smallest absolute Gasteiger partial charge is 0.132 e. The van der Waals surface area contributed by atoms with Gasteiger partial charge in [-0.2, -0.15) is 0 Å². The van der Waals surface area contributed by atoms with E-state index in [-0.39, 0.29) is 12.6 Å². The summed E-state index contributed by atoms with van der Waals surface area (Å²) in [6.45, 7) is 5.00. The lowest BCUT2D eigenvalue weighted by Gasteiger charge is -2.17. The molecule has 1 atom stereocenters. The maximum absolute atomic E-state index is 13.6. The minimum atomic E-state index is -0.591. The molecule has 0 saturated heterocycles. The van der Waals surface area contributed by atoms with Gasteiger partial charge >= 0.3 is 0 Å². The lowest BCUT2D eigenvalue weighted by atomic mass is 10.1. The van der Waals surface area contributed by atoms with E-state index in [1.54, 1.807) is 0 Å². The highest BCUT2D eigenvalue weighted by Crippen LogP contribution is 2.25. The van der Waals surface area contributed by atoms with Gasteiger partial charge in [-0.25, -0.2) is 8.78 Å². The quantitative estimate of drug-likeness (QED) is 0.860. The van der Waals surface area contributed by atoms with Gasteiger partial charge in [-0.1, -0.05) is 25.1 Å². The van der Waals surface area contributed by atoms with Crippen LogP contribution in [0.2, 0.25) is 0 Å². The molecule has 0 fully saturated rings. The Labute approximate surface area is 123 Å². The highest BCUT2D eigenvalue weighted by Gasteiger charge is 2.11. The van der Waals surface area contributed by atoms with Crippen LogP contribution in [0, 0.1) is 11.6 Å². The van der Waals surface area contributed by atoms with Crippen molar-refractivity contribution >= 4 is 0 Å². The number of nitrogens with one attached hydrogen (secondary N) is 1. The zero-order valence-electron chi connectivity index (χ0n) is 12.2. The molecule has 0 aromatic heterocycles. The first-order chi connectivity index (χ1) is 10.1. The molecule has 21 heavy (non-hydrogen) atoms. The lowest BCUT2D eigenvalue weighted by molar-refractivity contribution is 0.293. The standard InChI is InChI=1S/C17H19F2NO/c1-3-20-12(2)15-6-4-5-7-17(15)21-11-13-8-9-14(18)10-16(13)19/h4-10,12,20H,3,11H2,1-2H3. The Bertz CT molecular complexity index is 601. The Kier molecular flexibility index (Phi) is 5.28. The number of para-hydroxylation sites is 1. The van der Waals surface area contributed by atoms with E-state index < -0.39 is 11.6 Å². The van der Waals surface area contributed by atoms with Crippen LogP contribution in [0.25, 0.3) is 0 Å². The number of benzene rings is 2. The summed E-state index contributed by atoms with van der Waals surface area (Å²) >= 11 is 0. The largest absolute Gasteiger partial charge is 0.488 e. The van der Waals surface area contributed by atoms with Crippen LogP contribution in [-0.2, 0) is 6.61 Å². The van der Waals surface area contributed by atoms with Crippen molar-refractivity contribution in [2.24, 2.45) is 0 Å². The van der Waals surface area contributed by atoms with Gasteiger partial charge in [0, 0.05) is 23.2 Å². The Morgan fingerprint density at radius 2 is 1.90 bits per heavy atom. The topological polar surface area (TPSA) is 21.3 Å². The van der Waals surface area contributed by atoms with Crippen molar-refractivity contribution in [3.05, 3.63) is 65.2 Å². The number of ether oxygens (including phenoxy) is 1. The summed E-state index contributed by atoms with van der Waals surface area (Å²) in [6, 6.07) is 11.3. The summed E-state index contributed by atoms with van der Waals surface area (Å²) in [5.74, 6) is -0.473. The van der Waals surface area contributed by atoms with E-state index in [9.17, 15) is 8.78 Å². The predicted molar refractivity (Wildman–Crippen MR) is 79.2 cm³/mol. The van der Waals surface area contributed by atoms with Gasteiger partial charge in [0.15, 0.2) is 0 Å². The van der Waals surface area contributed by atoms with Crippen LogP contribution in [0.4, 0.5) is 8.78 Å². The molecule has 0 spiro atoms. The second kappa shape index (κ2) is 7.18. The summed E-state index contributed by atoms with van der Waals surface area (Å²) in [7, 11) is 0. The Balaban J connectivity index is 2.13. The van der Waals surface area contributed by atoms with Crippen LogP contribution in [0.3, 0.4) is 0 Å². The van der Waals surface area contributed by atoms with Crippen LogP contribution in [-0.4, -0.2) is 6.54 Å². The highest BCUT2D eigenvalue weighted by atomic mass is 19.1. The Hall–Kier alpha value is -1.94. The summed E-state index contributed by atoms with van der Waals surface area (Å²) in [5, 5.41) is 3.32. The monoisotopic (exact) mass is 291 g/mol. The molecule has 112 valence electrons. The predicted octanol–water partition coefficient (Wildman–Crippen LogP) is 4.21. The van der Waals surface area contributed by atoms with Crippen LogP contribution in [0.5, 0.6) is 5.75 Å². The summed E-state index contributed by atoms with van der Waals surface area (Å²) in [4.78, 5) is 0. The van der Waals surface area contributed by atoms with Crippen molar-refractivity contribution < 1.29 is 13.5 Å². The minimum absolute atomic E-state index is 0.0714. The molecule has 0 aliphatic rings. The molecule has 1 unspecified atom stereocenters. The lowest BCUT2D eigenvalue weighted by Crippen LogP contribution is -2.18. The first-order valence-corrected chi connectivity index (χ1v) is 7.01. The van der Waals surface area contributed by atoms with Crippen molar-refractivity contribution in [1.82, 2.24) is 5.32 Å². The number of halogens is 2. The first-order valence-electron chi connectivity index (χ1n) is 7.01. The van der Waals surface area contributed by atoms with E-state index in [2.05, 4.69) is 5.32 Å². The third-order valence-electron chi connectivity index (χ3n) is 3.29. The molecule has 2 aromatic rings. The van der Waals surface area contributed by atoms with Gasteiger partial charge in [0.1, 0.15) is 24.0 Å². The molecular weight excluding hydrogens is 272 g/mol. The van der Waals surface area contributed by atoms with Crippen LogP contribution >= 0.6 is 0 Å². The third-order valence-corrected chi connectivity index (χ3v) is 3.29. The molecule has 0 aliphatic heterocycles. The van der Waals surface area contributed by atoms with E-state index in [4.69, 9.17) is 4.74 Å². The summed E-state index contributed by atoms with van der Waals surface area (Å²) < 4.78 is 32.2. The SMILES string of the molecule is CCNC(C)c1ccccc1OCc1ccc(F)cc1F. The van der Waals surface area contributed by atoms with Crippen LogP contribution in [0.15, 0.2) is 42.5 Å². The molecule has 0 bridgehead atoms. The number of hydrogen-bond donors (Lipinski definition) is 1. The van der Waals surface area contributed by atoms with E-state index in [1.807, 2.05) is 38.1 Å². The fourth-order valence-electron chi connectivity index (χ4n) is 2.18. The molecule has 2 rings (SSSR count). The molecule has 2 nitrogen and oxygen atoms in total. The van der Waals surface area contributed by atoms with E-state index in [0.29, 0.717) is 11.3 Å². The summed E-state index contributed by atoms with van der Waals surface area (Å²) in [5.41, 5.74) is 1.35. The van der Waals surface area contributed by atoms with Gasteiger partial charge in [0.2, 0.25) is 0 Å². The van der Waals surface area contributed by atoms with Gasteiger partial charge in [-0.3, -0.25) is 0 Å². The minimum Gasteiger partial charge on any atom is -0.488 e. The second-order valence-corrected chi connectivity index (χ2v) is 4.84. The third kappa shape index (κ3) is 4.02. The van der Waals surface area contributed by atoms with Gasteiger partial charge in [-0.15, -0.1) is 0 Å². The average molecular weight is 291 g/mol. The van der Waals surface area contributed by atoms with Crippen LogP contribution < -0.4 is 10.1 Å². The molecule has 1 N–H and O–H groups in total. The molecule has 0 heterocycles. The van der Waals surface area contributed by atoms with Gasteiger partial charge < -0.3 is 10.1 Å². The highest BCUT2D eigenvalue weighted by molar-refractivity contribution is 5.36. The second-order valence-electron chi connectivity index (χ2n) is 4.84. The van der Waals surface area contributed by atoms with E-state index in [0.717, 1.165) is 18.2 Å². The maximum atomic E-state index is 13.6. The molecule has 0 saturated carbocycles. The van der Waals surface area contributed by atoms with Gasteiger partial charge in [-0.05, 0) is 31.7 Å². The zero-order valence-corrected chi connectivity index (χ0v) is 12.2. The molecule has 0 amide bonds. The molecular formula is C17H19F2NO. The van der Waals surface area contributed by atoms with Crippen molar-refractivity contribution in [3.63, 3.8) is 0 Å². The fraction of sp³-hybridized carbons (Fsp3) is 0.294. The van der Waals surface area contributed by atoms with Crippen molar-refractivity contribution in [3.8, 4) is 5.75 Å². The maximum Gasteiger partial charge on any atom is 0.132 e. The zero-order chi connectivity index (χ0) is 15.2. The number of hydrogen-bond acceptors (Lipinski definition) is 2. The molecule has 4 heteroatoms. The summed E-state index contributed by atoms with van der Waals surface area (Å²) in [6.07, 6.45) is 0. The first kappa shape index (κ1) is 15.4. The van der Waals surface area contributed by atoms with Crippen LogP contribution in [0.1, 0.15) is 31.0 Å². The Morgan fingerprint density at radius 1 is 1.14 bits per heavy atom. The van der Waals surface area contributed by atoms with Gasteiger partial charge in [0.25, 0.3) is 0 Å². The molecule has 2 aromatic carbocycles. The van der Waals surface area contributed by atoms with Crippen molar-refractivity contribution in [1.29, 1.82) is 0 Å². The van der Waals surface area contributed by atoms with Crippen molar-refractivity contribution in [2.45, 2.75) is 26.5 Å². The fourth-order valence-corrected chi connectivity index (χ4v) is 2.18. The van der Waals surface area contributed by atoms with Crippen molar-refractivity contribution in [2.75, 3.05) is 6.54 Å². The normalized spacial score (nSPS) is 12.2. The Morgan fingerprint density at radius 3 is 2.62 bits per heavy atom. The number of rotatable bonds is 6.